The van der Waals surface area contributed by atoms with Crippen LogP contribution in [-0.4, -0.2) is 97.6 Å². The van der Waals surface area contributed by atoms with Crippen molar-refractivity contribution in [3.63, 3.8) is 0 Å². The molecule has 2 heterocycles. The number of nitrogens with zero attached hydrogens (tertiary/aromatic N) is 2. The van der Waals surface area contributed by atoms with Crippen molar-refractivity contribution < 1.29 is 62.4 Å². The molecule has 16 heteroatoms. The molecular weight excluding hydrogens is 607 g/mol. The van der Waals surface area contributed by atoms with Crippen LogP contribution in [0.1, 0.15) is 39.2 Å². The van der Waals surface area contributed by atoms with Gasteiger partial charge < -0.3 is 36.0 Å². The molecule has 248 valence electrons. The number of rotatable bonds is 8. The molecule has 2 aliphatic heterocycles. The summed E-state index contributed by atoms with van der Waals surface area (Å²) in [6.07, 6.45) is 2.98. The van der Waals surface area contributed by atoms with Crippen LogP contribution in [-0.2, 0) is 35.2 Å². The van der Waals surface area contributed by atoms with E-state index < -0.39 is 52.8 Å². The molecule has 0 aromatic heterocycles. The van der Waals surface area contributed by atoms with Crippen LogP contribution < -0.4 is 5.73 Å². The van der Waals surface area contributed by atoms with Gasteiger partial charge in [0.25, 0.3) is 0 Å². The number of likely N-dealkylation sites (tertiary alicyclic amines) is 2. The number of hydrogen-bond acceptors (Lipinski definition) is 7. The first-order chi connectivity index (χ1) is 20.7. The number of nitrogens with two attached hydrogens (primary N) is 1. The Bertz CT molecular complexity index is 1280. The van der Waals surface area contributed by atoms with E-state index in [1.165, 1.54) is 0 Å². The summed E-state index contributed by atoms with van der Waals surface area (Å²) < 4.78 is 40.2. The van der Waals surface area contributed by atoms with E-state index in [0.717, 1.165) is 12.5 Å². The van der Waals surface area contributed by atoms with Gasteiger partial charge in [0.1, 0.15) is 5.82 Å². The molecule has 2 saturated heterocycles. The summed E-state index contributed by atoms with van der Waals surface area (Å²) in [6, 6.07) is 0.535. The van der Waals surface area contributed by atoms with E-state index in [9.17, 15) is 41.9 Å². The van der Waals surface area contributed by atoms with Gasteiger partial charge in [-0.3, -0.25) is 9.59 Å². The number of carboxylic acids is 4. The molecule has 3 rings (SSSR count). The van der Waals surface area contributed by atoms with Crippen molar-refractivity contribution in [1.29, 1.82) is 0 Å². The fourth-order valence-corrected chi connectivity index (χ4v) is 4.61. The van der Waals surface area contributed by atoms with Crippen molar-refractivity contribution in [1.82, 2.24) is 9.80 Å². The van der Waals surface area contributed by atoms with Crippen molar-refractivity contribution in [2.75, 3.05) is 19.6 Å². The summed E-state index contributed by atoms with van der Waals surface area (Å²) >= 11 is 0. The van der Waals surface area contributed by atoms with Crippen molar-refractivity contribution in [2.45, 2.75) is 52.1 Å². The van der Waals surface area contributed by atoms with Gasteiger partial charge in [-0.1, -0.05) is 20.8 Å². The second kappa shape index (κ2) is 16.9. The zero-order valence-electron chi connectivity index (χ0n) is 24.8. The van der Waals surface area contributed by atoms with Gasteiger partial charge in [0.15, 0.2) is 11.6 Å². The van der Waals surface area contributed by atoms with Crippen molar-refractivity contribution in [2.24, 2.45) is 17.1 Å². The Hall–Kier alpha value is -4.73. The minimum Gasteiger partial charge on any atom is -0.478 e. The van der Waals surface area contributed by atoms with Gasteiger partial charge in [0.05, 0.1) is 6.04 Å². The number of carbonyl (C=O) groups is 6. The number of hydrogen-bond donors (Lipinski definition) is 5. The van der Waals surface area contributed by atoms with E-state index in [1.54, 1.807) is 4.90 Å². The van der Waals surface area contributed by atoms with Crippen LogP contribution in [0.4, 0.5) is 13.2 Å². The largest absolute Gasteiger partial charge is 0.478 e. The number of carbonyl (C=O) groups excluding carboxylic acids is 2. The fraction of sp³-hybridized carbons (Fsp3) is 0.448. The summed E-state index contributed by atoms with van der Waals surface area (Å²) in [5.74, 6) is -8.13. The second-order valence-corrected chi connectivity index (χ2v) is 11.2. The summed E-state index contributed by atoms with van der Waals surface area (Å²) in [5, 5.41) is 31.2. The third-order valence-corrected chi connectivity index (χ3v) is 6.54. The van der Waals surface area contributed by atoms with Crippen LogP contribution in [0.15, 0.2) is 36.4 Å². The van der Waals surface area contributed by atoms with E-state index in [0.29, 0.717) is 50.0 Å². The minimum absolute atomic E-state index is 0.0190. The fourth-order valence-electron chi connectivity index (χ4n) is 4.61. The molecule has 0 saturated carbocycles. The van der Waals surface area contributed by atoms with E-state index in [2.05, 4.69) is 0 Å². The molecule has 45 heavy (non-hydrogen) atoms. The first kappa shape index (κ1) is 38.3. The van der Waals surface area contributed by atoms with Crippen LogP contribution in [0.25, 0.3) is 0 Å². The maximum Gasteiger partial charge on any atom is 0.328 e. The Labute approximate surface area is 256 Å². The maximum absolute atomic E-state index is 13.8. The zero-order valence-corrected chi connectivity index (χ0v) is 24.8. The maximum atomic E-state index is 13.8. The smallest absolute Gasteiger partial charge is 0.328 e. The van der Waals surface area contributed by atoms with Crippen molar-refractivity contribution >= 4 is 35.7 Å². The number of amides is 2. The lowest BCUT2D eigenvalue weighted by Gasteiger charge is -2.29. The molecule has 13 nitrogen and oxygen atoms in total. The molecule has 2 aliphatic rings. The summed E-state index contributed by atoms with van der Waals surface area (Å²) in [5.41, 5.74) is 5.49. The molecule has 3 atom stereocenters. The minimum atomic E-state index is -1.26. The van der Waals surface area contributed by atoms with Gasteiger partial charge >= 0.3 is 23.9 Å². The third kappa shape index (κ3) is 13.2. The van der Waals surface area contributed by atoms with E-state index in [1.807, 2.05) is 25.7 Å². The topological polar surface area (TPSA) is 216 Å². The average molecular weight is 644 g/mol. The van der Waals surface area contributed by atoms with Crippen LogP contribution in [0, 0.1) is 28.8 Å². The Morgan fingerprint density at radius 2 is 1.31 bits per heavy atom. The van der Waals surface area contributed by atoms with Gasteiger partial charge in [0, 0.05) is 73.8 Å². The highest BCUT2D eigenvalue weighted by atomic mass is 19.2. The van der Waals surface area contributed by atoms with Crippen molar-refractivity contribution in [3.8, 4) is 0 Å². The molecule has 2 amide bonds. The number of carboxylic acid groups (broad SMARTS) is 4. The summed E-state index contributed by atoms with van der Waals surface area (Å²) in [6.45, 7) is 7.41. The van der Waals surface area contributed by atoms with Crippen LogP contribution in [0.3, 0.4) is 0 Å². The molecule has 0 radical (unpaired) electrons. The molecule has 0 spiro atoms. The predicted molar refractivity (Wildman–Crippen MR) is 151 cm³/mol. The van der Waals surface area contributed by atoms with Gasteiger partial charge in [-0.05, 0) is 24.5 Å². The third-order valence-electron chi connectivity index (χ3n) is 6.54. The molecule has 1 aromatic carbocycles. The van der Waals surface area contributed by atoms with Gasteiger partial charge in [0.2, 0.25) is 11.8 Å². The molecule has 1 aromatic rings. The van der Waals surface area contributed by atoms with Crippen LogP contribution in [0.2, 0.25) is 0 Å². The highest BCUT2D eigenvalue weighted by molar-refractivity contribution is 5.90. The van der Waals surface area contributed by atoms with Gasteiger partial charge in [-0.2, -0.15) is 0 Å². The summed E-state index contributed by atoms with van der Waals surface area (Å²) in [7, 11) is 0. The Balaban J connectivity index is 0.000000521. The Kier molecular flexibility index (Phi) is 14.4. The Morgan fingerprint density at radius 1 is 0.844 bits per heavy atom. The molecule has 6 N–H and O–H groups in total. The van der Waals surface area contributed by atoms with Gasteiger partial charge in [-0.25, -0.2) is 32.3 Å². The molecule has 2 fully saturated rings. The average Bonchev–Trinajstić information content (AvgIpc) is 3.50. The standard InChI is InChI=1S/C21H28F3N3O2.2C4H4O4/c1-21(2,3)20(29)26-10-12-4-5-27(18(12)11-26)19(28)8-14(25)6-13-7-16(23)17(24)9-15(13)22;2*5-3(6)1-2-4(7)8/h7,9,12,14,18H,4-6,8,10-11,25H2,1-3H3;2*1-2H,(H,5,6)(H,7,8)/b;2*2-1+/t12-,14+,18+;;/m0../s1. The highest BCUT2D eigenvalue weighted by Gasteiger charge is 2.46. The lowest BCUT2D eigenvalue weighted by molar-refractivity contribution is -0.140. The second-order valence-electron chi connectivity index (χ2n) is 11.2. The quantitative estimate of drug-likeness (QED) is 0.204. The van der Waals surface area contributed by atoms with Crippen LogP contribution >= 0.6 is 0 Å². The number of benzene rings is 1. The molecule has 0 unspecified atom stereocenters. The SMILES string of the molecule is CC(C)(C)C(=O)N1C[C@@H]2CCN(C(=O)C[C@H](N)Cc3cc(F)c(F)cc3F)[C@@H]2C1.O=C(O)/C=C/C(=O)O.O=C(O)/C=C/C(=O)O. The zero-order chi connectivity index (χ0) is 34.6. The molecular formula is C29H36F3N3O10. The first-order valence-corrected chi connectivity index (χ1v) is 13.5. The van der Waals surface area contributed by atoms with Gasteiger partial charge in [-0.15, -0.1) is 0 Å². The molecule has 0 aliphatic carbocycles. The van der Waals surface area contributed by atoms with E-state index in [4.69, 9.17) is 26.2 Å². The van der Waals surface area contributed by atoms with Crippen molar-refractivity contribution in [3.05, 3.63) is 59.5 Å². The number of halogens is 3. The lowest BCUT2D eigenvalue weighted by Crippen LogP contribution is -2.44. The first-order valence-electron chi connectivity index (χ1n) is 13.5. The monoisotopic (exact) mass is 643 g/mol. The predicted octanol–water partition coefficient (Wildman–Crippen LogP) is 1.89. The normalized spacial score (nSPS) is 18.0. The molecule has 0 bridgehead atoms. The summed E-state index contributed by atoms with van der Waals surface area (Å²) in [4.78, 5) is 67.1. The lowest BCUT2D eigenvalue weighted by atomic mass is 9.95. The highest BCUT2D eigenvalue weighted by Crippen LogP contribution is 2.34. The Morgan fingerprint density at radius 3 is 1.76 bits per heavy atom. The van der Waals surface area contributed by atoms with E-state index in [-0.39, 0.29) is 42.2 Å². The number of fused-ring (bicyclic) bond motifs is 1. The van der Waals surface area contributed by atoms with Crippen LogP contribution in [0.5, 0.6) is 0 Å². The number of aliphatic carboxylic acids is 4. The van der Waals surface area contributed by atoms with E-state index >= 15 is 0 Å².